The van der Waals surface area contributed by atoms with Crippen molar-refractivity contribution in [3.8, 4) is 5.75 Å². The first-order valence-electron chi connectivity index (χ1n) is 5.51. The van der Waals surface area contributed by atoms with Crippen LogP contribution in [0.5, 0.6) is 5.75 Å². The predicted molar refractivity (Wildman–Crippen MR) is 74.9 cm³/mol. The van der Waals surface area contributed by atoms with Gasteiger partial charge in [-0.25, -0.2) is 0 Å². The first-order valence-corrected chi connectivity index (χ1v) is 6.74. The quantitative estimate of drug-likeness (QED) is 0.675. The number of alkyl halides is 3. The van der Waals surface area contributed by atoms with Gasteiger partial charge < -0.3 is 4.74 Å². The molecule has 2 aromatic rings. The lowest BCUT2D eigenvalue weighted by Crippen LogP contribution is -2.05. The second kappa shape index (κ2) is 6.35. The van der Waals surface area contributed by atoms with Crippen molar-refractivity contribution >= 4 is 27.5 Å². The van der Waals surface area contributed by atoms with Crippen molar-refractivity contribution in [1.82, 2.24) is 0 Å². The molecule has 0 N–H and O–H groups in total. The Bertz CT molecular complexity index is 545. The molecule has 0 saturated carbocycles. The Morgan fingerprint density at radius 1 is 1.00 bits per heavy atom. The van der Waals surface area contributed by atoms with E-state index in [1.807, 2.05) is 24.3 Å². The Balaban J connectivity index is 2.32. The van der Waals surface area contributed by atoms with Gasteiger partial charge in [0, 0.05) is 10.0 Å². The summed E-state index contributed by atoms with van der Waals surface area (Å²) in [5, 5.41) is -0.539. The van der Waals surface area contributed by atoms with Crippen molar-refractivity contribution in [2.75, 3.05) is 0 Å². The Kier molecular flexibility index (Phi) is 4.77. The summed E-state index contributed by atoms with van der Waals surface area (Å²) in [6, 6.07) is 13.9. The molecule has 5 heteroatoms. The van der Waals surface area contributed by atoms with Gasteiger partial charge in [-0.15, -0.1) is 11.6 Å². The van der Waals surface area contributed by atoms with Crippen LogP contribution < -0.4 is 4.74 Å². The molecule has 100 valence electrons. The normalized spacial score (nSPS) is 12.5. The van der Waals surface area contributed by atoms with Gasteiger partial charge in [-0.3, -0.25) is 0 Å². The smallest absolute Gasteiger partial charge is 0.387 e. The second-order valence-electron chi connectivity index (χ2n) is 3.83. The minimum Gasteiger partial charge on any atom is -0.434 e. The van der Waals surface area contributed by atoms with Crippen LogP contribution in [0.1, 0.15) is 16.5 Å². The zero-order valence-corrected chi connectivity index (χ0v) is 12.0. The van der Waals surface area contributed by atoms with Crippen molar-refractivity contribution in [1.29, 1.82) is 0 Å². The third kappa shape index (κ3) is 3.67. The summed E-state index contributed by atoms with van der Waals surface area (Å²) in [4.78, 5) is 0. The van der Waals surface area contributed by atoms with Crippen LogP contribution in [0.4, 0.5) is 8.78 Å². The Labute approximate surface area is 123 Å². The summed E-state index contributed by atoms with van der Waals surface area (Å²) in [7, 11) is 0. The van der Waals surface area contributed by atoms with E-state index in [0.717, 1.165) is 10.0 Å². The van der Waals surface area contributed by atoms with Crippen molar-refractivity contribution in [2.45, 2.75) is 12.0 Å². The van der Waals surface area contributed by atoms with E-state index >= 15 is 0 Å². The summed E-state index contributed by atoms with van der Waals surface area (Å²) in [6.45, 7) is -2.87. The van der Waals surface area contributed by atoms with Crippen molar-refractivity contribution in [2.24, 2.45) is 0 Å². The van der Waals surface area contributed by atoms with Crippen LogP contribution in [0.15, 0.2) is 53.0 Å². The number of para-hydroxylation sites is 1. The number of halogens is 4. The lowest BCUT2D eigenvalue weighted by Gasteiger charge is -2.15. The fraction of sp³-hybridized carbons (Fsp3) is 0.143. The average Bonchev–Trinajstić information content (AvgIpc) is 2.39. The highest BCUT2D eigenvalue weighted by Crippen LogP contribution is 2.35. The lowest BCUT2D eigenvalue weighted by molar-refractivity contribution is -0.0504. The fourth-order valence-corrected chi connectivity index (χ4v) is 2.29. The summed E-state index contributed by atoms with van der Waals surface area (Å²) in [6.07, 6.45) is 0. The van der Waals surface area contributed by atoms with Gasteiger partial charge in [-0.2, -0.15) is 8.78 Å². The molecule has 19 heavy (non-hydrogen) atoms. The topological polar surface area (TPSA) is 9.23 Å². The molecule has 0 aliphatic carbocycles. The SMILES string of the molecule is FC(F)Oc1ccccc1C(Cl)c1ccc(Br)cc1. The van der Waals surface area contributed by atoms with Gasteiger partial charge in [-0.1, -0.05) is 46.3 Å². The Hall–Kier alpha value is -1.13. The molecule has 0 bridgehead atoms. The third-order valence-electron chi connectivity index (χ3n) is 2.57. The molecule has 0 spiro atoms. The van der Waals surface area contributed by atoms with Crippen molar-refractivity contribution in [3.05, 3.63) is 64.1 Å². The molecule has 0 aliphatic rings. The number of benzene rings is 2. The maximum atomic E-state index is 12.3. The van der Waals surface area contributed by atoms with E-state index in [4.69, 9.17) is 11.6 Å². The van der Waals surface area contributed by atoms with Crippen molar-refractivity contribution in [3.63, 3.8) is 0 Å². The van der Waals surface area contributed by atoms with Gasteiger partial charge in [0.2, 0.25) is 0 Å². The van der Waals surface area contributed by atoms with E-state index in [1.54, 1.807) is 18.2 Å². The molecule has 2 rings (SSSR count). The number of ether oxygens (including phenoxy) is 1. The van der Waals surface area contributed by atoms with E-state index in [-0.39, 0.29) is 5.75 Å². The molecule has 1 unspecified atom stereocenters. The van der Waals surface area contributed by atoms with Crippen LogP contribution >= 0.6 is 27.5 Å². The Morgan fingerprint density at radius 3 is 2.26 bits per heavy atom. The van der Waals surface area contributed by atoms with Crippen LogP contribution in [0.25, 0.3) is 0 Å². The van der Waals surface area contributed by atoms with Gasteiger partial charge in [0.05, 0.1) is 5.38 Å². The van der Waals surface area contributed by atoms with Gasteiger partial charge in [0.25, 0.3) is 0 Å². The second-order valence-corrected chi connectivity index (χ2v) is 5.18. The van der Waals surface area contributed by atoms with E-state index in [1.165, 1.54) is 6.07 Å². The molecule has 0 heterocycles. The molecule has 0 amide bonds. The lowest BCUT2D eigenvalue weighted by atomic mass is 10.0. The maximum Gasteiger partial charge on any atom is 0.387 e. The maximum absolute atomic E-state index is 12.3. The van der Waals surface area contributed by atoms with E-state index in [9.17, 15) is 8.78 Å². The third-order valence-corrected chi connectivity index (χ3v) is 3.59. The van der Waals surface area contributed by atoms with Crippen molar-refractivity contribution < 1.29 is 13.5 Å². The fourth-order valence-electron chi connectivity index (χ4n) is 1.70. The summed E-state index contributed by atoms with van der Waals surface area (Å²) >= 11 is 9.66. The molecule has 0 saturated heterocycles. The van der Waals surface area contributed by atoms with Crippen LogP contribution in [0.2, 0.25) is 0 Å². The highest BCUT2D eigenvalue weighted by Gasteiger charge is 2.17. The number of hydrogen-bond donors (Lipinski definition) is 0. The minimum atomic E-state index is -2.87. The zero-order valence-electron chi connectivity index (χ0n) is 9.69. The molecule has 1 nitrogen and oxygen atoms in total. The van der Waals surface area contributed by atoms with E-state index in [0.29, 0.717) is 5.56 Å². The van der Waals surface area contributed by atoms with Crippen LogP contribution in [0, 0.1) is 0 Å². The van der Waals surface area contributed by atoms with Gasteiger partial charge >= 0.3 is 6.61 Å². The first-order chi connectivity index (χ1) is 9.08. The molecular formula is C14H10BrClF2O. The van der Waals surface area contributed by atoms with E-state index < -0.39 is 12.0 Å². The van der Waals surface area contributed by atoms with Crippen LogP contribution in [-0.2, 0) is 0 Å². The highest BCUT2D eigenvalue weighted by molar-refractivity contribution is 9.10. The zero-order chi connectivity index (χ0) is 13.8. The van der Waals surface area contributed by atoms with Gasteiger partial charge in [0.15, 0.2) is 0 Å². The first kappa shape index (κ1) is 14.3. The monoisotopic (exact) mass is 346 g/mol. The molecule has 2 aromatic carbocycles. The molecule has 1 atom stereocenters. The summed E-state index contributed by atoms with van der Waals surface area (Å²) in [5.74, 6) is 0.0976. The summed E-state index contributed by atoms with van der Waals surface area (Å²) < 4.78 is 30.1. The van der Waals surface area contributed by atoms with E-state index in [2.05, 4.69) is 20.7 Å². The standard InChI is InChI=1S/C14H10BrClF2O/c15-10-7-5-9(6-8-10)13(16)11-3-1-2-4-12(11)19-14(17)18/h1-8,13-14H. The van der Waals surface area contributed by atoms with Crippen LogP contribution in [-0.4, -0.2) is 6.61 Å². The average molecular weight is 348 g/mol. The summed E-state index contributed by atoms with van der Waals surface area (Å²) in [5.41, 5.74) is 1.34. The number of hydrogen-bond acceptors (Lipinski definition) is 1. The largest absolute Gasteiger partial charge is 0.434 e. The minimum absolute atomic E-state index is 0.0976. The molecule has 0 fully saturated rings. The van der Waals surface area contributed by atoms with Gasteiger partial charge in [0.1, 0.15) is 5.75 Å². The molecule has 0 radical (unpaired) electrons. The molecule has 0 aliphatic heterocycles. The molecular weight excluding hydrogens is 338 g/mol. The van der Waals surface area contributed by atoms with Gasteiger partial charge in [-0.05, 0) is 23.8 Å². The highest BCUT2D eigenvalue weighted by atomic mass is 79.9. The van der Waals surface area contributed by atoms with Crippen LogP contribution in [0.3, 0.4) is 0 Å². The number of rotatable bonds is 4. The predicted octanol–water partition coefficient (Wildman–Crippen LogP) is 5.38. The molecule has 0 aromatic heterocycles. The Morgan fingerprint density at radius 2 is 1.63 bits per heavy atom.